The first-order chi connectivity index (χ1) is 14.8. The van der Waals surface area contributed by atoms with Gasteiger partial charge in [0.2, 0.25) is 0 Å². The van der Waals surface area contributed by atoms with E-state index in [0.29, 0.717) is 11.6 Å². The highest BCUT2D eigenvalue weighted by Gasteiger charge is 2.12. The zero-order chi connectivity index (χ0) is 20.5. The van der Waals surface area contributed by atoms with Crippen molar-refractivity contribution in [3.63, 3.8) is 0 Å². The van der Waals surface area contributed by atoms with Gasteiger partial charge in [-0.3, -0.25) is 0 Å². The number of hydrogen-bond donors (Lipinski definition) is 0. The van der Waals surface area contributed by atoms with Gasteiger partial charge in [-0.2, -0.15) is 0 Å². The summed E-state index contributed by atoms with van der Waals surface area (Å²) in [6, 6.07) is 24.4. The molecule has 6 heteroatoms. The molecule has 0 aliphatic heterocycles. The zero-order valence-electron chi connectivity index (χ0n) is 16.5. The van der Waals surface area contributed by atoms with Crippen LogP contribution in [0.4, 0.5) is 0 Å². The molecular formula is C24H18N4S2. The van der Waals surface area contributed by atoms with Gasteiger partial charge in [-0.15, -0.1) is 23.5 Å². The molecule has 0 atom stereocenters. The Balaban J connectivity index is 1.65. The number of nitrogens with zero attached hydrogens (tertiary/aromatic N) is 4. The zero-order valence-corrected chi connectivity index (χ0v) is 18.2. The van der Waals surface area contributed by atoms with Crippen LogP contribution in [-0.2, 0) is 0 Å². The summed E-state index contributed by atoms with van der Waals surface area (Å²) in [5.41, 5.74) is 3.81. The third-order valence-corrected chi connectivity index (χ3v) is 6.30. The first-order valence-electron chi connectivity index (χ1n) is 9.49. The van der Waals surface area contributed by atoms with E-state index in [4.69, 9.17) is 19.9 Å². The van der Waals surface area contributed by atoms with Crippen LogP contribution in [0.5, 0.6) is 0 Å². The topological polar surface area (TPSA) is 51.6 Å². The van der Waals surface area contributed by atoms with Gasteiger partial charge in [0.25, 0.3) is 0 Å². The Bertz CT molecular complexity index is 1280. The van der Waals surface area contributed by atoms with Crippen LogP contribution in [0.2, 0.25) is 0 Å². The Morgan fingerprint density at radius 1 is 0.533 bits per heavy atom. The number of para-hydroxylation sites is 2. The Morgan fingerprint density at radius 3 is 1.47 bits per heavy atom. The van der Waals surface area contributed by atoms with Gasteiger partial charge < -0.3 is 0 Å². The molecule has 0 amide bonds. The van der Waals surface area contributed by atoms with Crippen LogP contribution >= 0.6 is 23.5 Å². The molecule has 0 saturated carbocycles. The highest BCUT2D eigenvalue weighted by molar-refractivity contribution is 7.99. The maximum atomic E-state index is 4.81. The van der Waals surface area contributed by atoms with Gasteiger partial charge in [-0.1, -0.05) is 54.6 Å². The van der Waals surface area contributed by atoms with Crippen molar-refractivity contribution in [3.05, 3.63) is 72.8 Å². The van der Waals surface area contributed by atoms with Gasteiger partial charge >= 0.3 is 0 Å². The molecule has 0 aliphatic carbocycles. The Kier molecular flexibility index (Phi) is 5.11. The summed E-state index contributed by atoms with van der Waals surface area (Å²) in [5.74, 6) is 1.43. The molecule has 0 fully saturated rings. The maximum absolute atomic E-state index is 4.81. The molecule has 0 unspecified atom stereocenters. The number of thioether (sulfide) groups is 2. The van der Waals surface area contributed by atoms with Crippen LogP contribution in [0.1, 0.15) is 0 Å². The molecule has 2 aromatic heterocycles. The summed E-state index contributed by atoms with van der Waals surface area (Å²) in [6.45, 7) is 0. The smallest absolute Gasteiger partial charge is 0.161 e. The van der Waals surface area contributed by atoms with Gasteiger partial charge in [0.15, 0.2) is 11.6 Å². The standard InChI is InChI=1S/C24H18N4S2/c1-29-23-17-10-3-5-12-19(17)25-21(27-23)15-8-7-9-16(14-15)22-26-20-13-6-4-11-18(20)24(28-22)30-2/h3-14H,1-2H3. The highest BCUT2D eigenvalue weighted by atomic mass is 32.2. The molecule has 0 radical (unpaired) electrons. The second-order valence-corrected chi connectivity index (χ2v) is 8.32. The minimum absolute atomic E-state index is 0.714. The molecule has 5 aromatic rings. The van der Waals surface area contributed by atoms with Crippen molar-refractivity contribution in [2.24, 2.45) is 0 Å². The van der Waals surface area contributed by atoms with Crippen LogP contribution in [-0.4, -0.2) is 32.4 Å². The lowest BCUT2D eigenvalue weighted by Crippen LogP contribution is -1.96. The van der Waals surface area contributed by atoms with E-state index in [1.54, 1.807) is 23.5 Å². The van der Waals surface area contributed by atoms with Gasteiger partial charge in [0.05, 0.1) is 11.0 Å². The van der Waals surface area contributed by atoms with Crippen molar-refractivity contribution in [2.45, 2.75) is 10.1 Å². The molecule has 2 heterocycles. The Morgan fingerprint density at radius 2 is 1.00 bits per heavy atom. The van der Waals surface area contributed by atoms with Crippen molar-refractivity contribution >= 4 is 45.3 Å². The number of benzene rings is 3. The van der Waals surface area contributed by atoms with E-state index in [0.717, 1.165) is 43.0 Å². The summed E-state index contributed by atoms with van der Waals surface area (Å²) < 4.78 is 0. The molecule has 146 valence electrons. The van der Waals surface area contributed by atoms with Crippen molar-refractivity contribution in [2.75, 3.05) is 12.5 Å². The third-order valence-electron chi connectivity index (χ3n) is 4.90. The second kappa shape index (κ2) is 8.05. The second-order valence-electron chi connectivity index (χ2n) is 6.73. The number of hydrogen-bond acceptors (Lipinski definition) is 6. The third kappa shape index (κ3) is 3.42. The summed E-state index contributed by atoms with van der Waals surface area (Å²) >= 11 is 3.27. The lowest BCUT2D eigenvalue weighted by molar-refractivity contribution is 1.10. The number of rotatable bonds is 4. The molecular weight excluding hydrogens is 408 g/mol. The average Bonchev–Trinajstić information content (AvgIpc) is 2.82. The molecule has 5 rings (SSSR count). The van der Waals surface area contributed by atoms with Crippen molar-refractivity contribution < 1.29 is 0 Å². The fourth-order valence-corrected chi connectivity index (χ4v) is 4.60. The molecule has 0 saturated heterocycles. The van der Waals surface area contributed by atoms with Crippen LogP contribution < -0.4 is 0 Å². The summed E-state index contributed by atoms with van der Waals surface area (Å²) in [7, 11) is 0. The van der Waals surface area contributed by atoms with Crippen LogP contribution in [0.15, 0.2) is 82.8 Å². The minimum Gasteiger partial charge on any atom is -0.228 e. The summed E-state index contributed by atoms with van der Waals surface area (Å²) in [4.78, 5) is 19.2. The Hall–Kier alpha value is -2.96. The van der Waals surface area contributed by atoms with Crippen molar-refractivity contribution in [1.29, 1.82) is 0 Å². The van der Waals surface area contributed by atoms with E-state index < -0.39 is 0 Å². The highest BCUT2D eigenvalue weighted by Crippen LogP contribution is 2.30. The molecule has 30 heavy (non-hydrogen) atoms. The largest absolute Gasteiger partial charge is 0.228 e. The van der Waals surface area contributed by atoms with Crippen LogP contribution in [0, 0.1) is 0 Å². The molecule has 0 aliphatic rings. The van der Waals surface area contributed by atoms with E-state index in [9.17, 15) is 0 Å². The van der Waals surface area contributed by atoms with Gasteiger partial charge in [0.1, 0.15) is 10.1 Å². The SMILES string of the molecule is CSc1nc(-c2cccc(-c3nc(SC)c4ccccc4n3)c2)nc2ccccc12. The minimum atomic E-state index is 0.714. The van der Waals surface area contributed by atoms with E-state index in [1.165, 1.54) is 0 Å². The fraction of sp³-hybridized carbons (Fsp3) is 0.0833. The molecule has 0 spiro atoms. The monoisotopic (exact) mass is 426 g/mol. The maximum Gasteiger partial charge on any atom is 0.161 e. The van der Waals surface area contributed by atoms with Gasteiger partial charge in [0, 0.05) is 21.9 Å². The quantitative estimate of drug-likeness (QED) is 0.246. The lowest BCUT2D eigenvalue weighted by Gasteiger charge is -2.09. The average molecular weight is 427 g/mol. The van der Waals surface area contributed by atoms with E-state index >= 15 is 0 Å². The normalized spacial score (nSPS) is 11.3. The molecule has 0 N–H and O–H groups in total. The van der Waals surface area contributed by atoms with Gasteiger partial charge in [-0.25, -0.2) is 19.9 Å². The van der Waals surface area contributed by atoms with E-state index in [-0.39, 0.29) is 0 Å². The van der Waals surface area contributed by atoms with Crippen molar-refractivity contribution in [1.82, 2.24) is 19.9 Å². The van der Waals surface area contributed by atoms with Crippen LogP contribution in [0.25, 0.3) is 44.6 Å². The first kappa shape index (κ1) is 19.0. The number of aromatic nitrogens is 4. The first-order valence-corrected chi connectivity index (χ1v) is 11.9. The van der Waals surface area contributed by atoms with E-state index in [2.05, 4.69) is 18.2 Å². The summed E-state index contributed by atoms with van der Waals surface area (Å²) in [6.07, 6.45) is 4.09. The van der Waals surface area contributed by atoms with E-state index in [1.807, 2.05) is 67.1 Å². The molecule has 0 bridgehead atoms. The predicted octanol–water partition coefficient (Wildman–Crippen LogP) is 6.35. The van der Waals surface area contributed by atoms with Crippen molar-refractivity contribution in [3.8, 4) is 22.8 Å². The summed E-state index contributed by atoms with van der Waals surface area (Å²) in [5, 5.41) is 4.11. The molecule has 3 aromatic carbocycles. The predicted molar refractivity (Wildman–Crippen MR) is 127 cm³/mol. The number of fused-ring (bicyclic) bond motifs is 2. The Labute approximate surface area is 183 Å². The van der Waals surface area contributed by atoms with Gasteiger partial charge in [-0.05, 0) is 30.7 Å². The fourth-order valence-electron chi connectivity index (χ4n) is 3.46. The molecule has 4 nitrogen and oxygen atoms in total. The van der Waals surface area contributed by atoms with Crippen LogP contribution in [0.3, 0.4) is 0 Å². The lowest BCUT2D eigenvalue weighted by atomic mass is 10.1.